The standard InChI is InChI=1S/C19H19ClN2O/c20-17-7-5-16(6-8-17)19(9-10-19)21-18(23)13-22-11-14-3-1-2-4-15(14)12-22/h1-8H,9-13H2,(H,21,23). The SMILES string of the molecule is O=C(CN1Cc2ccccc2C1)NC1(c2ccc(Cl)cc2)CC1. The lowest BCUT2D eigenvalue weighted by Crippen LogP contribution is -2.40. The van der Waals surface area contributed by atoms with Crippen LogP contribution in [0.4, 0.5) is 0 Å². The minimum absolute atomic E-state index is 0.102. The van der Waals surface area contributed by atoms with Crippen LogP contribution in [0.5, 0.6) is 0 Å². The molecule has 0 radical (unpaired) electrons. The molecule has 0 atom stereocenters. The van der Waals surface area contributed by atoms with Crippen molar-refractivity contribution in [1.29, 1.82) is 0 Å². The molecule has 1 heterocycles. The van der Waals surface area contributed by atoms with Gasteiger partial charge in [0, 0.05) is 18.1 Å². The van der Waals surface area contributed by atoms with E-state index in [2.05, 4.69) is 34.5 Å². The highest BCUT2D eigenvalue weighted by Gasteiger charge is 2.45. The van der Waals surface area contributed by atoms with E-state index in [1.54, 1.807) is 0 Å². The zero-order valence-electron chi connectivity index (χ0n) is 12.9. The van der Waals surface area contributed by atoms with Gasteiger partial charge < -0.3 is 5.32 Å². The summed E-state index contributed by atoms with van der Waals surface area (Å²) in [4.78, 5) is 14.7. The first-order valence-corrected chi connectivity index (χ1v) is 8.39. The molecule has 1 saturated carbocycles. The smallest absolute Gasteiger partial charge is 0.234 e. The van der Waals surface area contributed by atoms with E-state index < -0.39 is 0 Å². The minimum atomic E-state index is -0.172. The number of nitrogens with zero attached hydrogens (tertiary/aromatic N) is 1. The molecule has 0 spiro atoms. The van der Waals surface area contributed by atoms with E-state index in [0.717, 1.165) is 36.5 Å². The third kappa shape index (κ3) is 2.99. The van der Waals surface area contributed by atoms with E-state index in [4.69, 9.17) is 11.6 Å². The zero-order chi connectivity index (χ0) is 15.9. The molecule has 118 valence electrons. The van der Waals surface area contributed by atoms with E-state index in [9.17, 15) is 4.79 Å². The van der Waals surface area contributed by atoms with Gasteiger partial charge in [-0.15, -0.1) is 0 Å². The summed E-state index contributed by atoms with van der Waals surface area (Å²) in [6, 6.07) is 16.2. The highest BCUT2D eigenvalue weighted by Crippen LogP contribution is 2.45. The average molecular weight is 327 g/mol. The van der Waals surface area contributed by atoms with Crippen LogP contribution in [-0.2, 0) is 23.4 Å². The Balaban J connectivity index is 1.39. The fourth-order valence-electron chi connectivity index (χ4n) is 3.40. The maximum atomic E-state index is 12.5. The van der Waals surface area contributed by atoms with E-state index >= 15 is 0 Å². The lowest BCUT2D eigenvalue weighted by Gasteiger charge is -2.21. The fourth-order valence-corrected chi connectivity index (χ4v) is 3.53. The predicted octanol–water partition coefficient (Wildman–Crippen LogP) is 3.46. The van der Waals surface area contributed by atoms with Crippen LogP contribution in [0, 0.1) is 0 Å². The summed E-state index contributed by atoms with van der Waals surface area (Å²) >= 11 is 5.95. The summed E-state index contributed by atoms with van der Waals surface area (Å²) in [6.07, 6.45) is 2.00. The number of rotatable bonds is 4. The number of carbonyl (C=O) groups is 1. The molecule has 1 aliphatic heterocycles. The molecule has 1 amide bonds. The summed E-state index contributed by atoms with van der Waals surface area (Å²) in [5.41, 5.74) is 3.65. The number of nitrogens with one attached hydrogen (secondary N) is 1. The molecule has 0 aromatic heterocycles. The minimum Gasteiger partial charge on any atom is -0.345 e. The summed E-state index contributed by atoms with van der Waals surface area (Å²) in [5.74, 6) is 0.102. The molecule has 4 rings (SSSR count). The molecular formula is C19H19ClN2O. The summed E-state index contributed by atoms with van der Waals surface area (Å²) in [5, 5.41) is 3.96. The van der Waals surface area contributed by atoms with Crippen molar-refractivity contribution in [3.05, 3.63) is 70.2 Å². The fraction of sp³-hybridized carbons (Fsp3) is 0.316. The maximum absolute atomic E-state index is 12.5. The Hall–Kier alpha value is -1.84. The second-order valence-corrected chi connectivity index (χ2v) is 6.99. The van der Waals surface area contributed by atoms with Gasteiger partial charge in [0.1, 0.15) is 0 Å². The molecule has 2 aromatic carbocycles. The third-order valence-electron chi connectivity index (χ3n) is 4.80. The molecule has 0 bridgehead atoms. The summed E-state index contributed by atoms with van der Waals surface area (Å²) in [6.45, 7) is 2.17. The third-order valence-corrected chi connectivity index (χ3v) is 5.05. The van der Waals surface area contributed by atoms with E-state index in [0.29, 0.717) is 6.54 Å². The van der Waals surface area contributed by atoms with Gasteiger partial charge in [-0.2, -0.15) is 0 Å². The Bertz CT molecular complexity index is 712. The van der Waals surface area contributed by atoms with Crippen molar-refractivity contribution in [1.82, 2.24) is 10.2 Å². The van der Waals surface area contributed by atoms with Gasteiger partial charge in [0.25, 0.3) is 0 Å². The molecule has 4 heteroatoms. The van der Waals surface area contributed by atoms with Gasteiger partial charge in [0.05, 0.1) is 12.1 Å². The van der Waals surface area contributed by atoms with Crippen molar-refractivity contribution < 1.29 is 4.79 Å². The molecule has 1 aliphatic carbocycles. The van der Waals surface area contributed by atoms with Crippen molar-refractivity contribution in [2.24, 2.45) is 0 Å². The Morgan fingerprint density at radius 1 is 1.04 bits per heavy atom. The number of amides is 1. The van der Waals surface area contributed by atoms with Gasteiger partial charge in [-0.3, -0.25) is 9.69 Å². The number of carbonyl (C=O) groups excluding carboxylic acids is 1. The molecule has 1 fully saturated rings. The number of benzene rings is 2. The molecule has 3 nitrogen and oxygen atoms in total. The first kappa shape index (κ1) is 14.7. The van der Waals surface area contributed by atoms with E-state index in [1.807, 2.05) is 24.3 Å². The highest BCUT2D eigenvalue weighted by atomic mass is 35.5. The van der Waals surface area contributed by atoms with E-state index in [-0.39, 0.29) is 11.4 Å². The molecule has 2 aromatic rings. The number of hydrogen-bond donors (Lipinski definition) is 1. The van der Waals surface area contributed by atoms with Crippen LogP contribution in [0.1, 0.15) is 29.5 Å². The van der Waals surface area contributed by atoms with Gasteiger partial charge in [-0.1, -0.05) is 48.0 Å². The number of hydrogen-bond acceptors (Lipinski definition) is 2. The number of fused-ring (bicyclic) bond motifs is 1. The Kier molecular flexibility index (Phi) is 3.63. The lowest BCUT2D eigenvalue weighted by molar-refractivity contribution is -0.123. The molecule has 0 saturated heterocycles. The maximum Gasteiger partial charge on any atom is 0.234 e. The van der Waals surface area contributed by atoms with Gasteiger partial charge in [-0.05, 0) is 41.7 Å². The van der Waals surface area contributed by atoms with Crippen molar-refractivity contribution in [2.75, 3.05) is 6.54 Å². The van der Waals surface area contributed by atoms with Gasteiger partial charge in [0.2, 0.25) is 5.91 Å². The monoisotopic (exact) mass is 326 g/mol. The van der Waals surface area contributed by atoms with Gasteiger partial charge >= 0.3 is 0 Å². The predicted molar refractivity (Wildman–Crippen MR) is 91.1 cm³/mol. The van der Waals surface area contributed by atoms with Crippen molar-refractivity contribution in [3.8, 4) is 0 Å². The normalized spacial score (nSPS) is 18.5. The molecule has 23 heavy (non-hydrogen) atoms. The summed E-state index contributed by atoms with van der Waals surface area (Å²) in [7, 11) is 0. The quantitative estimate of drug-likeness (QED) is 0.933. The van der Waals surface area contributed by atoms with Crippen molar-refractivity contribution >= 4 is 17.5 Å². The number of halogens is 1. The van der Waals surface area contributed by atoms with Crippen LogP contribution in [0.15, 0.2) is 48.5 Å². The van der Waals surface area contributed by atoms with E-state index in [1.165, 1.54) is 11.1 Å². The van der Waals surface area contributed by atoms with Crippen LogP contribution in [-0.4, -0.2) is 17.4 Å². The Morgan fingerprint density at radius 2 is 1.65 bits per heavy atom. The summed E-state index contributed by atoms with van der Waals surface area (Å²) < 4.78 is 0. The highest BCUT2D eigenvalue weighted by molar-refractivity contribution is 6.30. The molecule has 2 aliphatic rings. The average Bonchev–Trinajstić information content (AvgIpc) is 3.19. The van der Waals surface area contributed by atoms with Gasteiger partial charge in [-0.25, -0.2) is 0 Å². The largest absolute Gasteiger partial charge is 0.345 e. The second kappa shape index (κ2) is 5.66. The molecular weight excluding hydrogens is 308 g/mol. The second-order valence-electron chi connectivity index (χ2n) is 6.55. The Morgan fingerprint density at radius 3 is 2.22 bits per heavy atom. The van der Waals surface area contributed by atoms with Crippen LogP contribution in [0.3, 0.4) is 0 Å². The van der Waals surface area contributed by atoms with Crippen molar-refractivity contribution in [2.45, 2.75) is 31.5 Å². The van der Waals surface area contributed by atoms with Crippen LogP contribution in [0.2, 0.25) is 5.02 Å². The first-order valence-electron chi connectivity index (χ1n) is 8.01. The first-order chi connectivity index (χ1) is 11.1. The Labute approximate surface area is 141 Å². The topological polar surface area (TPSA) is 32.3 Å². The zero-order valence-corrected chi connectivity index (χ0v) is 13.6. The molecule has 1 N–H and O–H groups in total. The van der Waals surface area contributed by atoms with Gasteiger partial charge in [0.15, 0.2) is 0 Å². The van der Waals surface area contributed by atoms with Crippen molar-refractivity contribution in [3.63, 3.8) is 0 Å². The van der Waals surface area contributed by atoms with Crippen LogP contribution >= 0.6 is 11.6 Å². The molecule has 0 unspecified atom stereocenters. The van der Waals surface area contributed by atoms with Crippen LogP contribution in [0.25, 0.3) is 0 Å². The lowest BCUT2D eigenvalue weighted by atomic mass is 10.1. The van der Waals surface area contributed by atoms with Crippen LogP contribution < -0.4 is 5.32 Å².